The summed E-state index contributed by atoms with van der Waals surface area (Å²) >= 11 is 0. The summed E-state index contributed by atoms with van der Waals surface area (Å²) in [4.78, 5) is 15.0. The number of ether oxygens (including phenoxy) is 1. The van der Waals surface area contributed by atoms with Crippen LogP contribution in [-0.2, 0) is 11.3 Å². The molecule has 5 nitrogen and oxygen atoms in total. The van der Waals surface area contributed by atoms with Crippen molar-refractivity contribution in [1.82, 2.24) is 10.2 Å². The monoisotopic (exact) mass is 408 g/mol. The molecule has 0 radical (unpaired) electrons. The van der Waals surface area contributed by atoms with Gasteiger partial charge in [-0.2, -0.15) is 0 Å². The number of hydrogen-bond acceptors (Lipinski definition) is 4. The minimum atomic E-state index is -0.652. The molecule has 160 valence electrons. The summed E-state index contributed by atoms with van der Waals surface area (Å²) in [5, 5.41) is 14.5. The maximum atomic E-state index is 12.8. The van der Waals surface area contributed by atoms with Crippen LogP contribution in [0.15, 0.2) is 54.6 Å². The fraction of sp³-hybridized carbons (Fsp3) is 0.480. The van der Waals surface area contributed by atoms with E-state index >= 15 is 0 Å². The summed E-state index contributed by atoms with van der Waals surface area (Å²) in [5.41, 5.74) is 1.51. The molecule has 1 aliphatic heterocycles. The lowest BCUT2D eigenvalue weighted by atomic mass is 9.66. The number of carbonyl (C=O) groups is 1. The Morgan fingerprint density at radius 2 is 1.90 bits per heavy atom. The summed E-state index contributed by atoms with van der Waals surface area (Å²) in [6.07, 6.45) is 4.73. The first kappa shape index (κ1) is 20.9. The largest absolute Gasteiger partial charge is 0.496 e. The average molecular weight is 409 g/mol. The van der Waals surface area contributed by atoms with E-state index in [9.17, 15) is 9.90 Å². The highest BCUT2D eigenvalue weighted by Gasteiger charge is 2.49. The number of likely N-dealkylation sites (tertiary alicyclic amines) is 1. The second-order valence-electron chi connectivity index (χ2n) is 8.63. The Kier molecular flexibility index (Phi) is 6.40. The van der Waals surface area contributed by atoms with Crippen LogP contribution in [0.25, 0.3) is 0 Å². The van der Waals surface area contributed by atoms with Gasteiger partial charge in [-0.1, -0.05) is 61.4 Å². The fourth-order valence-electron chi connectivity index (χ4n) is 5.28. The van der Waals surface area contributed by atoms with Crippen molar-refractivity contribution in [2.24, 2.45) is 5.92 Å². The number of carbonyl (C=O) groups excluding carboxylic acids is 1. The van der Waals surface area contributed by atoms with Gasteiger partial charge in [-0.3, -0.25) is 9.69 Å². The highest BCUT2D eigenvalue weighted by atomic mass is 16.5. The SMILES string of the molecule is COc1ccccc1[C@H]1[C@@H]2CCCC[C@@]2(O)CCN1CC(=O)NCc1ccccc1. The molecule has 0 aromatic heterocycles. The van der Waals surface area contributed by atoms with E-state index in [0.29, 0.717) is 19.6 Å². The molecule has 0 spiro atoms. The molecule has 2 aromatic rings. The summed E-state index contributed by atoms with van der Waals surface area (Å²) < 4.78 is 5.66. The zero-order chi connectivity index (χ0) is 21.0. The zero-order valence-electron chi connectivity index (χ0n) is 17.7. The lowest BCUT2D eigenvalue weighted by Gasteiger charge is -2.52. The summed E-state index contributed by atoms with van der Waals surface area (Å²) in [7, 11) is 1.69. The van der Waals surface area contributed by atoms with Gasteiger partial charge in [-0.25, -0.2) is 0 Å². The van der Waals surface area contributed by atoms with Crippen LogP contribution in [0, 0.1) is 5.92 Å². The molecule has 2 aliphatic rings. The van der Waals surface area contributed by atoms with Crippen molar-refractivity contribution in [2.75, 3.05) is 20.2 Å². The average Bonchev–Trinajstić information content (AvgIpc) is 2.78. The van der Waals surface area contributed by atoms with Crippen LogP contribution in [0.5, 0.6) is 5.75 Å². The van der Waals surface area contributed by atoms with E-state index in [4.69, 9.17) is 4.74 Å². The van der Waals surface area contributed by atoms with E-state index in [2.05, 4.69) is 16.3 Å². The van der Waals surface area contributed by atoms with Crippen molar-refractivity contribution in [2.45, 2.75) is 50.3 Å². The van der Waals surface area contributed by atoms with Gasteiger partial charge in [0.15, 0.2) is 0 Å². The van der Waals surface area contributed by atoms with E-state index in [0.717, 1.165) is 49.0 Å². The maximum Gasteiger partial charge on any atom is 0.234 e. The molecule has 3 atom stereocenters. The number of para-hydroxylation sites is 1. The molecule has 2 N–H and O–H groups in total. The number of amides is 1. The molecule has 1 aliphatic carbocycles. The van der Waals surface area contributed by atoms with Gasteiger partial charge in [0.05, 0.1) is 19.3 Å². The Morgan fingerprint density at radius 1 is 1.13 bits per heavy atom. The number of hydrogen-bond donors (Lipinski definition) is 2. The fourth-order valence-corrected chi connectivity index (χ4v) is 5.28. The molecule has 0 unspecified atom stereocenters. The third kappa shape index (κ3) is 4.37. The van der Waals surface area contributed by atoms with Crippen LogP contribution in [0.3, 0.4) is 0 Å². The molecular weight excluding hydrogens is 376 g/mol. The molecule has 4 rings (SSSR count). The molecule has 2 aromatic carbocycles. The van der Waals surface area contributed by atoms with E-state index < -0.39 is 5.60 Å². The molecule has 5 heteroatoms. The lowest BCUT2D eigenvalue weighted by molar-refractivity contribution is -0.138. The second-order valence-corrected chi connectivity index (χ2v) is 8.63. The van der Waals surface area contributed by atoms with Gasteiger partial charge in [-0.15, -0.1) is 0 Å². The van der Waals surface area contributed by atoms with Crippen LogP contribution in [0.2, 0.25) is 0 Å². The predicted molar refractivity (Wildman–Crippen MR) is 117 cm³/mol. The first-order chi connectivity index (χ1) is 14.6. The Morgan fingerprint density at radius 3 is 2.70 bits per heavy atom. The molecule has 1 amide bonds. The van der Waals surface area contributed by atoms with Crippen molar-refractivity contribution < 1.29 is 14.6 Å². The number of rotatable bonds is 6. The third-order valence-corrected chi connectivity index (χ3v) is 6.81. The van der Waals surface area contributed by atoms with Crippen LogP contribution >= 0.6 is 0 Å². The van der Waals surface area contributed by atoms with Crippen LogP contribution in [0.4, 0.5) is 0 Å². The Bertz CT molecular complexity index is 856. The lowest BCUT2D eigenvalue weighted by Crippen LogP contribution is -2.56. The number of benzene rings is 2. The van der Waals surface area contributed by atoms with Gasteiger partial charge in [0.25, 0.3) is 0 Å². The second kappa shape index (κ2) is 9.19. The topological polar surface area (TPSA) is 61.8 Å². The standard InChI is InChI=1S/C25H32N2O3/c1-30-22-13-6-5-11-20(22)24-21-12-7-8-14-25(21,29)15-16-27(24)18-23(28)26-17-19-9-3-2-4-10-19/h2-6,9-11,13,21,24,29H,7-8,12,14-18H2,1H3,(H,26,28)/t21-,24-,25+/m0/s1. The Hall–Kier alpha value is -2.37. The first-order valence-electron chi connectivity index (χ1n) is 11.0. The molecule has 1 heterocycles. The van der Waals surface area contributed by atoms with Gasteiger partial charge in [-0.05, 0) is 30.9 Å². The van der Waals surface area contributed by atoms with Crippen molar-refractivity contribution >= 4 is 5.91 Å². The van der Waals surface area contributed by atoms with Crippen molar-refractivity contribution in [3.05, 3.63) is 65.7 Å². The van der Waals surface area contributed by atoms with E-state index in [1.54, 1.807) is 7.11 Å². The number of piperidine rings is 1. The number of aliphatic hydroxyl groups is 1. The maximum absolute atomic E-state index is 12.8. The predicted octanol–water partition coefficient (Wildman–Crippen LogP) is 3.68. The van der Waals surface area contributed by atoms with Crippen molar-refractivity contribution in [3.8, 4) is 5.75 Å². The summed E-state index contributed by atoms with van der Waals surface area (Å²) in [6.45, 7) is 1.55. The Labute approximate surface area is 179 Å². The van der Waals surface area contributed by atoms with Gasteiger partial charge >= 0.3 is 0 Å². The number of methoxy groups -OCH3 is 1. The summed E-state index contributed by atoms with van der Waals surface area (Å²) in [6, 6.07) is 18.0. The molecule has 1 saturated heterocycles. The van der Waals surface area contributed by atoms with Gasteiger partial charge < -0.3 is 15.2 Å². The van der Waals surface area contributed by atoms with Crippen molar-refractivity contribution in [1.29, 1.82) is 0 Å². The number of nitrogens with one attached hydrogen (secondary N) is 1. The number of fused-ring (bicyclic) bond motifs is 1. The highest BCUT2D eigenvalue weighted by molar-refractivity contribution is 5.78. The molecule has 2 fully saturated rings. The van der Waals surface area contributed by atoms with Crippen molar-refractivity contribution in [3.63, 3.8) is 0 Å². The highest BCUT2D eigenvalue weighted by Crippen LogP contribution is 2.50. The van der Waals surface area contributed by atoms with E-state index in [1.165, 1.54) is 0 Å². The van der Waals surface area contributed by atoms with E-state index in [1.807, 2.05) is 48.5 Å². The normalized spacial score (nSPS) is 26.6. The molecule has 1 saturated carbocycles. The van der Waals surface area contributed by atoms with Crippen LogP contribution < -0.4 is 10.1 Å². The minimum absolute atomic E-state index is 0.0139. The van der Waals surface area contributed by atoms with Gasteiger partial charge in [0.1, 0.15) is 5.75 Å². The van der Waals surface area contributed by atoms with Crippen LogP contribution in [0.1, 0.15) is 49.3 Å². The molecular formula is C25H32N2O3. The first-order valence-corrected chi connectivity index (χ1v) is 11.0. The summed E-state index contributed by atoms with van der Waals surface area (Å²) in [5.74, 6) is 0.949. The van der Waals surface area contributed by atoms with Gasteiger partial charge in [0.2, 0.25) is 5.91 Å². The molecule has 0 bridgehead atoms. The zero-order valence-corrected chi connectivity index (χ0v) is 17.7. The van der Waals surface area contributed by atoms with Crippen LogP contribution in [-0.4, -0.2) is 41.7 Å². The van der Waals surface area contributed by atoms with Gasteiger partial charge in [0, 0.05) is 30.6 Å². The Balaban J connectivity index is 1.55. The number of nitrogens with zero attached hydrogens (tertiary/aromatic N) is 1. The quantitative estimate of drug-likeness (QED) is 0.765. The van der Waals surface area contributed by atoms with E-state index in [-0.39, 0.29) is 17.9 Å². The smallest absolute Gasteiger partial charge is 0.234 e. The third-order valence-electron chi connectivity index (χ3n) is 6.81. The molecule has 30 heavy (non-hydrogen) atoms. The minimum Gasteiger partial charge on any atom is -0.496 e.